The molecule has 0 aliphatic rings. The summed E-state index contributed by atoms with van der Waals surface area (Å²) in [5.41, 5.74) is 0.252. The molecule has 0 aliphatic heterocycles. The van der Waals surface area contributed by atoms with Crippen molar-refractivity contribution >= 4 is 12.3 Å². The molecule has 18 heavy (non-hydrogen) atoms. The van der Waals surface area contributed by atoms with Crippen molar-refractivity contribution in [3.05, 3.63) is 71.5 Å². The predicted molar refractivity (Wildman–Crippen MR) is 65.2 cm³/mol. The quantitative estimate of drug-likeness (QED) is 0.828. The topological polar surface area (TPSA) is 54.4 Å². The van der Waals surface area contributed by atoms with Gasteiger partial charge in [0.05, 0.1) is 5.56 Å². The van der Waals surface area contributed by atoms with Crippen molar-refractivity contribution in [2.24, 2.45) is 0 Å². The molecule has 0 unspecified atom stereocenters. The molecule has 0 aliphatic carbocycles. The van der Waals surface area contributed by atoms with Crippen LogP contribution in [0.15, 0.2) is 54.6 Å². The van der Waals surface area contributed by atoms with Gasteiger partial charge in [0.25, 0.3) is 0 Å². The largest absolute Gasteiger partial charge is 0.478 e. The van der Waals surface area contributed by atoms with Gasteiger partial charge in [-0.2, -0.15) is 0 Å². The van der Waals surface area contributed by atoms with Crippen LogP contribution in [0.25, 0.3) is 0 Å². The Balaban J connectivity index is 0.000000199. The molecule has 3 nitrogen and oxygen atoms in total. The molecule has 0 saturated carbocycles. The zero-order chi connectivity index (χ0) is 13.4. The number of rotatable bonds is 2. The monoisotopic (exact) mass is 246 g/mol. The number of aromatic carboxylic acids is 1. The minimum atomic E-state index is -1.08. The summed E-state index contributed by atoms with van der Waals surface area (Å²) in [5, 5.41) is 8.54. The third-order valence-electron chi connectivity index (χ3n) is 2.05. The van der Waals surface area contributed by atoms with Gasteiger partial charge in [0.1, 0.15) is 5.82 Å². The molecule has 0 bridgehead atoms. The van der Waals surface area contributed by atoms with Crippen LogP contribution in [-0.4, -0.2) is 17.4 Å². The number of aldehydes is 1. The van der Waals surface area contributed by atoms with Crippen molar-refractivity contribution in [1.82, 2.24) is 0 Å². The van der Waals surface area contributed by atoms with E-state index in [0.29, 0.717) is 6.29 Å². The van der Waals surface area contributed by atoms with Gasteiger partial charge >= 0.3 is 5.97 Å². The van der Waals surface area contributed by atoms with Crippen molar-refractivity contribution < 1.29 is 19.1 Å². The van der Waals surface area contributed by atoms with E-state index in [2.05, 4.69) is 0 Å². The molecule has 0 aromatic heterocycles. The van der Waals surface area contributed by atoms with Crippen LogP contribution in [0.4, 0.5) is 4.39 Å². The summed E-state index contributed by atoms with van der Waals surface area (Å²) < 4.78 is 11.9. The minimum absolute atomic E-state index is 0.0440. The highest BCUT2D eigenvalue weighted by molar-refractivity contribution is 5.96. The van der Waals surface area contributed by atoms with E-state index in [9.17, 15) is 14.0 Å². The normalized spacial score (nSPS) is 8.94. The van der Waals surface area contributed by atoms with Crippen molar-refractivity contribution in [3.8, 4) is 0 Å². The van der Waals surface area contributed by atoms with Gasteiger partial charge in [0.2, 0.25) is 0 Å². The van der Waals surface area contributed by atoms with Crippen molar-refractivity contribution in [2.45, 2.75) is 0 Å². The molecule has 0 radical (unpaired) electrons. The fourth-order valence-electron chi connectivity index (χ4n) is 1.21. The lowest BCUT2D eigenvalue weighted by molar-refractivity contribution is 0.0694. The van der Waals surface area contributed by atoms with Crippen molar-refractivity contribution in [1.29, 1.82) is 0 Å². The minimum Gasteiger partial charge on any atom is -0.478 e. The van der Waals surface area contributed by atoms with Gasteiger partial charge < -0.3 is 5.11 Å². The van der Waals surface area contributed by atoms with Gasteiger partial charge in [-0.25, -0.2) is 9.18 Å². The van der Waals surface area contributed by atoms with Crippen LogP contribution in [0.3, 0.4) is 0 Å². The number of carboxylic acids is 1. The lowest BCUT2D eigenvalue weighted by atomic mass is 10.1. The third kappa shape index (κ3) is 4.17. The molecule has 2 rings (SSSR count). The summed E-state index contributed by atoms with van der Waals surface area (Å²) in [6.07, 6.45) is 0.531. The molecule has 0 spiro atoms. The van der Waals surface area contributed by atoms with E-state index in [-0.39, 0.29) is 16.9 Å². The van der Waals surface area contributed by atoms with Gasteiger partial charge in [-0.1, -0.05) is 36.4 Å². The van der Waals surface area contributed by atoms with E-state index in [1.807, 2.05) is 0 Å². The predicted octanol–water partition coefficient (Wildman–Crippen LogP) is 3.02. The Hall–Kier alpha value is -2.49. The fraction of sp³-hybridized carbons (Fsp3) is 0. The summed E-state index contributed by atoms with van der Waals surface area (Å²) in [6, 6.07) is 14.0. The Bertz CT molecular complexity index is 524. The Morgan fingerprint density at radius 2 is 1.56 bits per heavy atom. The van der Waals surface area contributed by atoms with Crippen LogP contribution in [0.1, 0.15) is 20.7 Å². The zero-order valence-electron chi connectivity index (χ0n) is 9.42. The summed E-state index contributed by atoms with van der Waals surface area (Å²) >= 11 is 0. The Morgan fingerprint density at radius 3 is 1.94 bits per heavy atom. The molecular formula is C14H11FO3. The number of carbonyl (C=O) groups is 2. The highest BCUT2D eigenvalue weighted by Crippen LogP contribution is 2.04. The molecule has 0 fully saturated rings. The zero-order valence-corrected chi connectivity index (χ0v) is 9.42. The molecular weight excluding hydrogens is 235 g/mol. The molecule has 4 heteroatoms. The van der Waals surface area contributed by atoms with Crippen LogP contribution in [0.5, 0.6) is 0 Å². The van der Waals surface area contributed by atoms with Gasteiger partial charge in [-0.05, 0) is 18.2 Å². The molecule has 2 aromatic rings. The van der Waals surface area contributed by atoms with Gasteiger partial charge in [0.15, 0.2) is 6.29 Å². The average molecular weight is 246 g/mol. The van der Waals surface area contributed by atoms with Gasteiger partial charge in [-0.15, -0.1) is 0 Å². The van der Waals surface area contributed by atoms with E-state index in [0.717, 1.165) is 0 Å². The van der Waals surface area contributed by atoms with E-state index in [1.54, 1.807) is 30.3 Å². The number of hydrogen-bond acceptors (Lipinski definition) is 2. The molecule has 2 aromatic carbocycles. The van der Waals surface area contributed by atoms with Crippen LogP contribution in [0.2, 0.25) is 0 Å². The second-order valence-corrected chi connectivity index (χ2v) is 3.31. The first kappa shape index (κ1) is 13.6. The first-order chi connectivity index (χ1) is 8.65. The van der Waals surface area contributed by atoms with E-state index >= 15 is 0 Å². The van der Waals surface area contributed by atoms with Crippen LogP contribution >= 0.6 is 0 Å². The maximum Gasteiger partial charge on any atom is 0.336 e. The number of halogens is 1. The maximum atomic E-state index is 11.9. The van der Waals surface area contributed by atoms with E-state index < -0.39 is 5.97 Å². The fourth-order valence-corrected chi connectivity index (χ4v) is 1.21. The SMILES string of the molecule is Fc1ccccc1.O=Cc1ccccc1C(=O)O. The second kappa shape index (κ2) is 6.96. The molecule has 1 N–H and O–H groups in total. The van der Waals surface area contributed by atoms with Crippen molar-refractivity contribution in [2.75, 3.05) is 0 Å². The van der Waals surface area contributed by atoms with Crippen LogP contribution < -0.4 is 0 Å². The van der Waals surface area contributed by atoms with Gasteiger partial charge in [-0.3, -0.25) is 4.79 Å². The summed E-state index contributed by atoms with van der Waals surface area (Å²) in [7, 11) is 0. The Morgan fingerprint density at radius 1 is 1.00 bits per heavy atom. The Kier molecular flexibility index (Phi) is 5.25. The molecule has 0 amide bonds. The highest BCUT2D eigenvalue weighted by atomic mass is 19.1. The van der Waals surface area contributed by atoms with E-state index in [1.165, 1.54) is 24.3 Å². The number of carbonyl (C=O) groups excluding carboxylic acids is 1. The van der Waals surface area contributed by atoms with Gasteiger partial charge in [0, 0.05) is 5.56 Å². The summed E-state index contributed by atoms with van der Waals surface area (Å²) in [6.45, 7) is 0. The molecule has 92 valence electrons. The number of benzene rings is 2. The standard InChI is InChI=1S/C8H6O3.C6H5F/c9-5-6-3-1-2-4-7(6)8(10)11;7-6-4-2-1-3-5-6/h1-5H,(H,10,11);1-5H. The lowest BCUT2D eigenvalue weighted by Crippen LogP contribution is -2.00. The molecule has 0 atom stereocenters. The van der Waals surface area contributed by atoms with E-state index in [4.69, 9.17) is 5.11 Å². The summed E-state index contributed by atoms with van der Waals surface area (Å²) in [4.78, 5) is 20.7. The molecule has 0 saturated heterocycles. The van der Waals surface area contributed by atoms with Crippen LogP contribution in [0, 0.1) is 5.82 Å². The maximum absolute atomic E-state index is 11.9. The average Bonchev–Trinajstić information content (AvgIpc) is 2.40. The highest BCUT2D eigenvalue weighted by Gasteiger charge is 2.06. The third-order valence-corrected chi connectivity index (χ3v) is 2.05. The first-order valence-corrected chi connectivity index (χ1v) is 5.13. The number of carboxylic acid groups (broad SMARTS) is 1. The number of hydrogen-bond donors (Lipinski definition) is 1. The lowest BCUT2D eigenvalue weighted by Gasteiger charge is -1.95. The molecule has 0 heterocycles. The second-order valence-electron chi connectivity index (χ2n) is 3.31. The van der Waals surface area contributed by atoms with Crippen molar-refractivity contribution in [3.63, 3.8) is 0 Å². The Labute approximate surface area is 104 Å². The first-order valence-electron chi connectivity index (χ1n) is 5.13. The van der Waals surface area contributed by atoms with Crippen LogP contribution in [-0.2, 0) is 0 Å². The smallest absolute Gasteiger partial charge is 0.336 e. The summed E-state index contributed by atoms with van der Waals surface area (Å²) in [5.74, 6) is -1.25.